The fraction of sp³-hybridized carbons (Fsp3) is 0.333. The van der Waals surface area contributed by atoms with Crippen LogP contribution in [-0.2, 0) is 0 Å². The van der Waals surface area contributed by atoms with Gasteiger partial charge in [0.25, 0.3) is 5.91 Å². The highest BCUT2D eigenvalue weighted by Crippen LogP contribution is 2.14. The molecular formula is C21H24ClN7O. The molecule has 0 atom stereocenters. The van der Waals surface area contributed by atoms with Crippen molar-refractivity contribution in [3.05, 3.63) is 65.7 Å². The van der Waals surface area contributed by atoms with E-state index in [9.17, 15) is 4.79 Å². The van der Waals surface area contributed by atoms with Gasteiger partial charge in [-0.25, -0.2) is 14.6 Å². The van der Waals surface area contributed by atoms with Gasteiger partial charge in [0.2, 0.25) is 5.95 Å². The maximum Gasteiger partial charge on any atom is 0.254 e. The number of halogens is 1. The van der Waals surface area contributed by atoms with E-state index in [1.54, 1.807) is 41.6 Å². The number of carbonyl (C=O) groups is 1. The van der Waals surface area contributed by atoms with E-state index in [0.717, 1.165) is 50.8 Å². The molecule has 1 aromatic carbocycles. The van der Waals surface area contributed by atoms with Gasteiger partial charge in [-0.2, -0.15) is 5.10 Å². The molecule has 4 rings (SSSR count). The molecule has 0 spiro atoms. The Labute approximate surface area is 180 Å². The molecule has 0 bridgehead atoms. The van der Waals surface area contributed by atoms with E-state index in [0.29, 0.717) is 17.1 Å². The Morgan fingerprint density at radius 2 is 1.90 bits per heavy atom. The largest absolute Gasteiger partial charge is 0.352 e. The Balaban J connectivity index is 1.18. The van der Waals surface area contributed by atoms with Crippen LogP contribution in [0.15, 0.2) is 55.1 Å². The first-order chi connectivity index (χ1) is 14.7. The summed E-state index contributed by atoms with van der Waals surface area (Å²) in [6.07, 6.45) is 7.73. The normalized spacial score (nSPS) is 14.6. The number of nitrogens with zero attached hydrogens (tertiary/aromatic N) is 6. The number of nitrogens with one attached hydrogen (secondary N) is 1. The third-order valence-corrected chi connectivity index (χ3v) is 5.30. The number of benzene rings is 1. The molecule has 1 amide bonds. The van der Waals surface area contributed by atoms with Crippen molar-refractivity contribution in [1.29, 1.82) is 0 Å². The molecule has 0 unspecified atom stereocenters. The third-order valence-electron chi connectivity index (χ3n) is 5.06. The summed E-state index contributed by atoms with van der Waals surface area (Å²) >= 11 is 6.02. The summed E-state index contributed by atoms with van der Waals surface area (Å²) in [5.74, 6) is 0.678. The molecule has 3 aromatic rings. The van der Waals surface area contributed by atoms with Crippen LogP contribution in [0.25, 0.3) is 5.69 Å². The first kappa shape index (κ1) is 20.3. The second kappa shape index (κ2) is 9.69. The van der Waals surface area contributed by atoms with Gasteiger partial charge in [0.15, 0.2) is 0 Å². The van der Waals surface area contributed by atoms with E-state index in [1.807, 2.05) is 18.2 Å². The minimum atomic E-state index is -0.116. The van der Waals surface area contributed by atoms with E-state index in [4.69, 9.17) is 11.6 Å². The minimum absolute atomic E-state index is 0.116. The van der Waals surface area contributed by atoms with Crippen LogP contribution in [0.3, 0.4) is 0 Å². The van der Waals surface area contributed by atoms with Crippen LogP contribution in [0.4, 0.5) is 5.95 Å². The van der Waals surface area contributed by atoms with Crippen molar-refractivity contribution in [2.24, 2.45) is 0 Å². The van der Waals surface area contributed by atoms with E-state index in [-0.39, 0.29) is 5.91 Å². The average Bonchev–Trinajstić information content (AvgIpc) is 3.28. The number of piperazine rings is 1. The van der Waals surface area contributed by atoms with Crippen molar-refractivity contribution in [1.82, 2.24) is 30.0 Å². The molecule has 156 valence electrons. The van der Waals surface area contributed by atoms with Gasteiger partial charge >= 0.3 is 0 Å². The highest BCUT2D eigenvalue weighted by molar-refractivity contribution is 6.30. The van der Waals surface area contributed by atoms with Gasteiger partial charge in [0.1, 0.15) is 0 Å². The fourth-order valence-corrected chi connectivity index (χ4v) is 3.62. The Morgan fingerprint density at radius 3 is 2.67 bits per heavy atom. The summed E-state index contributed by atoms with van der Waals surface area (Å²) in [5.41, 5.74) is 1.35. The number of carbonyl (C=O) groups excluding carboxylic acids is 1. The van der Waals surface area contributed by atoms with Crippen molar-refractivity contribution in [3.63, 3.8) is 0 Å². The fourth-order valence-electron chi connectivity index (χ4n) is 3.43. The summed E-state index contributed by atoms with van der Waals surface area (Å²) in [4.78, 5) is 25.6. The SMILES string of the molecule is O=C(NCCCN1CCN(c2ncccn2)CC1)c1cnn(-c2cccc(Cl)c2)c1. The first-order valence-corrected chi connectivity index (χ1v) is 10.4. The van der Waals surface area contributed by atoms with E-state index < -0.39 is 0 Å². The van der Waals surface area contributed by atoms with E-state index in [2.05, 4.69) is 30.2 Å². The van der Waals surface area contributed by atoms with Crippen LogP contribution < -0.4 is 10.2 Å². The lowest BCUT2D eigenvalue weighted by atomic mass is 10.3. The minimum Gasteiger partial charge on any atom is -0.352 e. The summed E-state index contributed by atoms with van der Waals surface area (Å²) in [7, 11) is 0. The second-order valence-electron chi connectivity index (χ2n) is 7.14. The summed E-state index contributed by atoms with van der Waals surface area (Å²) in [6.45, 7) is 5.35. The lowest BCUT2D eigenvalue weighted by Crippen LogP contribution is -2.47. The van der Waals surface area contributed by atoms with Crippen molar-refractivity contribution in [3.8, 4) is 5.69 Å². The molecule has 0 saturated carbocycles. The standard InChI is InChI=1S/C21H24ClN7O/c22-18-4-1-5-19(14-18)29-16-17(15-26-29)20(30)23-8-3-9-27-10-12-28(13-11-27)21-24-6-2-7-25-21/h1-2,4-7,14-16H,3,8-13H2,(H,23,30). The quantitative estimate of drug-likeness (QED) is 0.585. The molecule has 0 aliphatic carbocycles. The van der Waals surface area contributed by atoms with Crippen LogP contribution in [0.5, 0.6) is 0 Å². The molecule has 1 N–H and O–H groups in total. The number of hydrogen-bond acceptors (Lipinski definition) is 6. The molecule has 1 saturated heterocycles. The van der Waals surface area contributed by atoms with Gasteiger partial charge in [-0.15, -0.1) is 0 Å². The number of amides is 1. The predicted molar refractivity (Wildman–Crippen MR) is 116 cm³/mol. The summed E-state index contributed by atoms with van der Waals surface area (Å²) in [6, 6.07) is 9.18. The van der Waals surface area contributed by atoms with Gasteiger partial charge in [-0.05, 0) is 37.2 Å². The third kappa shape index (κ3) is 5.14. The zero-order valence-electron chi connectivity index (χ0n) is 16.6. The Bertz CT molecular complexity index is 970. The van der Waals surface area contributed by atoms with E-state index >= 15 is 0 Å². The van der Waals surface area contributed by atoms with Crippen LogP contribution >= 0.6 is 11.6 Å². The molecule has 30 heavy (non-hydrogen) atoms. The molecule has 9 heteroatoms. The molecule has 3 heterocycles. The lowest BCUT2D eigenvalue weighted by Gasteiger charge is -2.34. The van der Waals surface area contributed by atoms with Crippen molar-refractivity contribution in [2.75, 3.05) is 44.2 Å². The smallest absolute Gasteiger partial charge is 0.254 e. The molecule has 1 aliphatic rings. The molecule has 2 aromatic heterocycles. The van der Waals surface area contributed by atoms with Crippen LogP contribution in [0.2, 0.25) is 5.02 Å². The molecule has 8 nitrogen and oxygen atoms in total. The number of anilines is 1. The maximum atomic E-state index is 12.4. The molecule has 1 fully saturated rings. The maximum absolute atomic E-state index is 12.4. The summed E-state index contributed by atoms with van der Waals surface area (Å²) < 4.78 is 1.65. The molecular weight excluding hydrogens is 402 g/mol. The Kier molecular flexibility index (Phi) is 6.56. The number of rotatable bonds is 7. The van der Waals surface area contributed by atoms with Gasteiger partial charge in [-0.3, -0.25) is 9.69 Å². The van der Waals surface area contributed by atoms with Crippen molar-refractivity contribution < 1.29 is 4.79 Å². The lowest BCUT2D eigenvalue weighted by molar-refractivity contribution is 0.0951. The van der Waals surface area contributed by atoms with Gasteiger partial charge in [0, 0.05) is 56.3 Å². The average molecular weight is 426 g/mol. The van der Waals surface area contributed by atoms with Gasteiger partial charge in [-0.1, -0.05) is 17.7 Å². The zero-order valence-corrected chi connectivity index (χ0v) is 17.4. The first-order valence-electron chi connectivity index (χ1n) is 10.0. The van der Waals surface area contributed by atoms with Crippen molar-refractivity contribution >= 4 is 23.5 Å². The van der Waals surface area contributed by atoms with Crippen LogP contribution in [0.1, 0.15) is 16.8 Å². The topological polar surface area (TPSA) is 79.2 Å². The monoisotopic (exact) mass is 425 g/mol. The Morgan fingerprint density at radius 1 is 1.10 bits per heavy atom. The predicted octanol–water partition coefficient (Wildman–Crippen LogP) is 2.26. The highest BCUT2D eigenvalue weighted by Gasteiger charge is 2.18. The number of hydrogen-bond donors (Lipinski definition) is 1. The second-order valence-corrected chi connectivity index (χ2v) is 7.58. The van der Waals surface area contributed by atoms with E-state index in [1.165, 1.54) is 0 Å². The van der Waals surface area contributed by atoms with Crippen LogP contribution in [-0.4, -0.2) is 69.8 Å². The molecule has 0 radical (unpaired) electrons. The number of aromatic nitrogens is 4. The van der Waals surface area contributed by atoms with Gasteiger partial charge < -0.3 is 10.2 Å². The van der Waals surface area contributed by atoms with Gasteiger partial charge in [0.05, 0.1) is 17.4 Å². The zero-order chi connectivity index (χ0) is 20.8. The highest BCUT2D eigenvalue weighted by atomic mass is 35.5. The molecule has 1 aliphatic heterocycles. The van der Waals surface area contributed by atoms with Crippen LogP contribution in [0, 0.1) is 0 Å². The van der Waals surface area contributed by atoms with Crippen molar-refractivity contribution in [2.45, 2.75) is 6.42 Å². The Hall–Kier alpha value is -2.97. The summed E-state index contributed by atoms with van der Waals surface area (Å²) in [5, 5.41) is 7.86.